The van der Waals surface area contributed by atoms with Crippen molar-refractivity contribution in [1.29, 1.82) is 0 Å². The van der Waals surface area contributed by atoms with Crippen molar-refractivity contribution < 1.29 is 18.7 Å². The van der Waals surface area contributed by atoms with Gasteiger partial charge >= 0.3 is 5.97 Å². The zero-order valence-electron chi connectivity index (χ0n) is 11.4. The number of furan rings is 1. The van der Waals surface area contributed by atoms with Gasteiger partial charge in [0.2, 0.25) is 5.76 Å². The molecule has 0 aliphatic rings. The van der Waals surface area contributed by atoms with E-state index in [1.165, 1.54) is 6.26 Å². The second-order valence-electron chi connectivity index (χ2n) is 4.73. The number of carbonyl (C=O) groups is 1. The van der Waals surface area contributed by atoms with Crippen molar-refractivity contribution >= 4 is 5.97 Å². The van der Waals surface area contributed by atoms with Crippen LogP contribution in [0.2, 0.25) is 0 Å². The van der Waals surface area contributed by atoms with Gasteiger partial charge in [0.15, 0.2) is 0 Å². The molecule has 20 heavy (non-hydrogen) atoms. The molecule has 0 amide bonds. The van der Waals surface area contributed by atoms with Gasteiger partial charge in [0.05, 0.1) is 6.26 Å². The van der Waals surface area contributed by atoms with Crippen LogP contribution in [0.5, 0.6) is 0 Å². The van der Waals surface area contributed by atoms with Crippen LogP contribution in [0, 0.1) is 19.7 Å². The van der Waals surface area contributed by atoms with Crippen LogP contribution in [0.4, 0.5) is 4.39 Å². The molecule has 4 nitrogen and oxygen atoms in total. The Bertz CT molecular complexity index is 611. The van der Waals surface area contributed by atoms with Crippen molar-refractivity contribution in [2.45, 2.75) is 26.9 Å². The Labute approximate surface area is 116 Å². The lowest BCUT2D eigenvalue weighted by molar-refractivity contribution is 0.0660. The average Bonchev–Trinajstić information content (AvgIpc) is 2.84. The summed E-state index contributed by atoms with van der Waals surface area (Å²) >= 11 is 0. The van der Waals surface area contributed by atoms with Gasteiger partial charge in [-0.1, -0.05) is 12.1 Å². The minimum atomic E-state index is -1.08. The lowest BCUT2D eigenvalue weighted by atomic mass is 10.1. The fourth-order valence-electron chi connectivity index (χ4n) is 2.14. The van der Waals surface area contributed by atoms with E-state index in [4.69, 9.17) is 9.52 Å². The van der Waals surface area contributed by atoms with Gasteiger partial charge in [0.1, 0.15) is 5.82 Å². The maximum atomic E-state index is 13.5. The summed E-state index contributed by atoms with van der Waals surface area (Å²) in [5.74, 6) is -1.32. The van der Waals surface area contributed by atoms with Crippen molar-refractivity contribution in [3.63, 3.8) is 0 Å². The molecular weight excluding hydrogens is 261 g/mol. The number of hydrogen-bond acceptors (Lipinski definition) is 3. The third-order valence-electron chi connectivity index (χ3n) is 3.08. The molecule has 1 aromatic carbocycles. The topological polar surface area (TPSA) is 62.5 Å². The Kier molecular flexibility index (Phi) is 4.20. The van der Waals surface area contributed by atoms with E-state index in [0.29, 0.717) is 29.8 Å². The molecule has 106 valence electrons. The maximum absolute atomic E-state index is 13.5. The fraction of sp³-hybridized carbons (Fsp3) is 0.267. The lowest BCUT2D eigenvalue weighted by Gasteiger charge is -2.08. The Hall–Kier alpha value is -2.14. The van der Waals surface area contributed by atoms with E-state index >= 15 is 0 Å². The van der Waals surface area contributed by atoms with Gasteiger partial charge in [-0.2, -0.15) is 0 Å². The number of nitrogens with one attached hydrogen (secondary N) is 1. The van der Waals surface area contributed by atoms with Crippen molar-refractivity contribution in [1.82, 2.24) is 5.32 Å². The van der Waals surface area contributed by atoms with Crippen molar-refractivity contribution in [2.24, 2.45) is 0 Å². The maximum Gasteiger partial charge on any atom is 0.372 e. The Morgan fingerprint density at radius 2 is 1.95 bits per heavy atom. The highest BCUT2D eigenvalue weighted by Crippen LogP contribution is 2.15. The molecule has 0 spiro atoms. The number of rotatable bonds is 5. The molecule has 0 atom stereocenters. The summed E-state index contributed by atoms with van der Waals surface area (Å²) in [5, 5.41) is 12.0. The number of benzene rings is 1. The van der Waals surface area contributed by atoms with Gasteiger partial charge in [-0.3, -0.25) is 0 Å². The van der Waals surface area contributed by atoms with Crippen LogP contribution in [0.3, 0.4) is 0 Å². The van der Waals surface area contributed by atoms with Gasteiger partial charge in [0.25, 0.3) is 0 Å². The highest BCUT2D eigenvalue weighted by Gasteiger charge is 2.13. The van der Waals surface area contributed by atoms with Gasteiger partial charge < -0.3 is 14.8 Å². The number of carboxylic acids is 1. The molecule has 0 unspecified atom stereocenters. The first kappa shape index (κ1) is 14.3. The third kappa shape index (κ3) is 3.05. The Morgan fingerprint density at radius 1 is 1.30 bits per heavy atom. The van der Waals surface area contributed by atoms with E-state index < -0.39 is 5.97 Å². The van der Waals surface area contributed by atoms with Crippen LogP contribution in [0.25, 0.3) is 0 Å². The minimum absolute atomic E-state index is 0.0519. The summed E-state index contributed by atoms with van der Waals surface area (Å²) in [6.45, 7) is 4.37. The van der Waals surface area contributed by atoms with E-state index in [2.05, 4.69) is 5.32 Å². The zero-order chi connectivity index (χ0) is 14.7. The van der Waals surface area contributed by atoms with E-state index in [-0.39, 0.29) is 11.6 Å². The van der Waals surface area contributed by atoms with Crippen LogP contribution in [0.15, 0.2) is 28.9 Å². The van der Waals surface area contributed by atoms with Gasteiger partial charge in [-0.05, 0) is 36.6 Å². The van der Waals surface area contributed by atoms with Crippen LogP contribution in [-0.4, -0.2) is 11.1 Å². The summed E-state index contributed by atoms with van der Waals surface area (Å²) in [5.41, 5.74) is 2.77. The standard InChI is InChI=1S/C15H16FNO3/c1-9-5-11(6-10(2)13(9)16)7-17-8-12-3-4-20-14(12)15(18)19/h3-6,17H,7-8H2,1-2H3,(H,18,19). The lowest BCUT2D eigenvalue weighted by Crippen LogP contribution is -2.14. The SMILES string of the molecule is Cc1cc(CNCc2ccoc2C(=O)O)cc(C)c1F. The van der Waals surface area contributed by atoms with Crippen LogP contribution < -0.4 is 5.32 Å². The fourth-order valence-corrected chi connectivity index (χ4v) is 2.14. The first-order chi connectivity index (χ1) is 9.49. The third-order valence-corrected chi connectivity index (χ3v) is 3.08. The normalized spacial score (nSPS) is 10.8. The highest BCUT2D eigenvalue weighted by atomic mass is 19.1. The number of hydrogen-bond donors (Lipinski definition) is 2. The summed E-state index contributed by atoms with van der Waals surface area (Å²) in [6.07, 6.45) is 1.35. The number of aromatic carboxylic acids is 1. The monoisotopic (exact) mass is 277 g/mol. The molecule has 2 N–H and O–H groups in total. The molecule has 0 aliphatic heterocycles. The molecule has 2 aromatic rings. The number of carboxylic acid groups (broad SMARTS) is 1. The number of aryl methyl sites for hydroxylation is 2. The van der Waals surface area contributed by atoms with Crippen LogP contribution in [0.1, 0.15) is 32.8 Å². The van der Waals surface area contributed by atoms with Gasteiger partial charge in [-0.25, -0.2) is 9.18 Å². The smallest absolute Gasteiger partial charge is 0.372 e. The molecule has 2 rings (SSSR count). The second kappa shape index (κ2) is 5.88. The molecule has 0 saturated carbocycles. The van der Waals surface area contributed by atoms with Crippen LogP contribution >= 0.6 is 0 Å². The van der Waals surface area contributed by atoms with E-state index in [1.807, 2.05) is 0 Å². The van der Waals surface area contributed by atoms with Gasteiger partial charge in [0, 0.05) is 18.7 Å². The molecular formula is C15H16FNO3. The largest absolute Gasteiger partial charge is 0.475 e. The predicted molar refractivity (Wildman–Crippen MR) is 72.1 cm³/mol. The molecule has 0 fully saturated rings. The van der Waals surface area contributed by atoms with Crippen LogP contribution in [-0.2, 0) is 13.1 Å². The van der Waals surface area contributed by atoms with Crippen molar-refractivity contribution in [3.05, 3.63) is 58.3 Å². The molecule has 0 bridgehead atoms. The molecule has 0 saturated heterocycles. The quantitative estimate of drug-likeness (QED) is 0.881. The summed E-state index contributed by atoms with van der Waals surface area (Å²) in [4.78, 5) is 10.9. The van der Waals surface area contributed by atoms with Crippen molar-refractivity contribution in [3.8, 4) is 0 Å². The Balaban J connectivity index is 2.00. The van der Waals surface area contributed by atoms with Gasteiger partial charge in [-0.15, -0.1) is 0 Å². The molecule has 1 aromatic heterocycles. The molecule has 5 heteroatoms. The zero-order valence-corrected chi connectivity index (χ0v) is 11.4. The highest BCUT2D eigenvalue weighted by molar-refractivity contribution is 5.86. The van der Waals surface area contributed by atoms with E-state index in [0.717, 1.165) is 5.56 Å². The minimum Gasteiger partial charge on any atom is -0.475 e. The molecule has 0 radical (unpaired) electrons. The first-order valence-electron chi connectivity index (χ1n) is 6.25. The number of halogens is 1. The molecule has 1 heterocycles. The summed E-state index contributed by atoms with van der Waals surface area (Å²) in [7, 11) is 0. The molecule has 0 aliphatic carbocycles. The van der Waals surface area contributed by atoms with E-state index in [9.17, 15) is 9.18 Å². The summed E-state index contributed by atoms with van der Waals surface area (Å²) < 4.78 is 18.4. The Morgan fingerprint density at radius 3 is 2.55 bits per heavy atom. The average molecular weight is 277 g/mol. The first-order valence-corrected chi connectivity index (χ1v) is 6.25. The van der Waals surface area contributed by atoms with E-state index in [1.54, 1.807) is 32.0 Å². The second-order valence-corrected chi connectivity index (χ2v) is 4.73. The van der Waals surface area contributed by atoms with Crippen molar-refractivity contribution in [2.75, 3.05) is 0 Å². The summed E-state index contributed by atoms with van der Waals surface area (Å²) in [6, 6.07) is 5.18. The predicted octanol–water partition coefficient (Wildman–Crippen LogP) is 3.02.